The molecule has 2 aromatic rings. The van der Waals surface area contributed by atoms with Crippen LogP contribution < -0.4 is 4.90 Å². The summed E-state index contributed by atoms with van der Waals surface area (Å²) in [5, 5.41) is 12.0. The van der Waals surface area contributed by atoms with Crippen molar-refractivity contribution in [2.75, 3.05) is 4.90 Å². The van der Waals surface area contributed by atoms with Gasteiger partial charge in [0, 0.05) is 24.5 Å². The van der Waals surface area contributed by atoms with Crippen LogP contribution in [0.5, 0.6) is 0 Å². The van der Waals surface area contributed by atoms with Crippen LogP contribution in [0, 0.1) is 0 Å². The lowest BCUT2D eigenvalue weighted by molar-refractivity contribution is -0.138. The molecule has 1 unspecified atom stereocenters. The summed E-state index contributed by atoms with van der Waals surface area (Å²) in [6.07, 6.45) is 2.24. The Kier molecular flexibility index (Phi) is 2.76. The van der Waals surface area contributed by atoms with Crippen LogP contribution >= 0.6 is 11.3 Å². The Labute approximate surface area is 109 Å². The number of rotatable bonds is 2. The van der Waals surface area contributed by atoms with E-state index >= 15 is 0 Å². The number of hydrogen-bond acceptors (Lipinski definition) is 4. The number of nitrogens with zero attached hydrogens (tertiary/aromatic N) is 2. The molecule has 0 radical (unpaired) electrons. The number of benzene rings is 1. The van der Waals surface area contributed by atoms with Gasteiger partial charge >= 0.3 is 5.97 Å². The van der Waals surface area contributed by atoms with Gasteiger partial charge in [-0.25, -0.2) is 9.78 Å². The molecule has 5 heteroatoms. The van der Waals surface area contributed by atoms with E-state index in [4.69, 9.17) is 0 Å². The van der Waals surface area contributed by atoms with Crippen molar-refractivity contribution in [2.45, 2.75) is 19.0 Å². The van der Waals surface area contributed by atoms with Crippen LogP contribution in [0.15, 0.2) is 35.8 Å². The van der Waals surface area contributed by atoms with Crippen LogP contribution in [0.25, 0.3) is 0 Å². The largest absolute Gasteiger partial charge is 0.480 e. The van der Waals surface area contributed by atoms with Gasteiger partial charge < -0.3 is 10.0 Å². The Morgan fingerprint density at radius 1 is 1.39 bits per heavy atom. The fraction of sp³-hybridized carbons (Fsp3) is 0.231. The minimum atomic E-state index is -0.792. The van der Waals surface area contributed by atoms with E-state index in [0.29, 0.717) is 13.0 Å². The third kappa shape index (κ3) is 1.86. The van der Waals surface area contributed by atoms with Crippen LogP contribution in [-0.2, 0) is 17.8 Å². The second-order valence-corrected chi connectivity index (χ2v) is 5.14. The maximum absolute atomic E-state index is 11.4. The van der Waals surface area contributed by atoms with Crippen molar-refractivity contribution in [2.24, 2.45) is 0 Å². The summed E-state index contributed by atoms with van der Waals surface area (Å²) in [4.78, 5) is 17.5. The van der Waals surface area contributed by atoms with Crippen molar-refractivity contribution in [3.05, 3.63) is 47.0 Å². The van der Waals surface area contributed by atoms with Gasteiger partial charge in [-0.1, -0.05) is 24.3 Å². The molecule has 0 bridgehead atoms. The van der Waals surface area contributed by atoms with Crippen LogP contribution in [0.3, 0.4) is 0 Å². The first-order chi connectivity index (χ1) is 8.75. The van der Waals surface area contributed by atoms with E-state index in [1.165, 1.54) is 16.9 Å². The smallest absolute Gasteiger partial charge is 0.326 e. The minimum absolute atomic E-state index is 0.522. The molecule has 0 amide bonds. The zero-order valence-corrected chi connectivity index (χ0v) is 10.4. The summed E-state index contributed by atoms with van der Waals surface area (Å²) in [6, 6.07) is 7.47. The van der Waals surface area contributed by atoms with Crippen molar-refractivity contribution >= 4 is 22.4 Å². The third-order valence-corrected chi connectivity index (χ3v) is 4.01. The molecule has 1 N–H and O–H groups in total. The molecule has 0 saturated heterocycles. The molecule has 92 valence electrons. The van der Waals surface area contributed by atoms with E-state index in [0.717, 1.165) is 10.7 Å². The highest BCUT2D eigenvalue weighted by atomic mass is 32.1. The summed E-state index contributed by atoms with van der Waals surface area (Å²) in [5.41, 5.74) is 2.31. The maximum Gasteiger partial charge on any atom is 0.326 e. The van der Waals surface area contributed by atoms with Crippen molar-refractivity contribution in [1.82, 2.24) is 4.98 Å². The number of aromatic nitrogens is 1. The van der Waals surface area contributed by atoms with Gasteiger partial charge in [-0.3, -0.25) is 0 Å². The molecule has 1 atom stereocenters. The first-order valence-corrected chi connectivity index (χ1v) is 6.59. The lowest BCUT2D eigenvalue weighted by Crippen LogP contribution is -2.45. The van der Waals surface area contributed by atoms with E-state index in [1.54, 1.807) is 6.20 Å². The van der Waals surface area contributed by atoms with Gasteiger partial charge in [0.25, 0.3) is 0 Å². The van der Waals surface area contributed by atoms with E-state index < -0.39 is 12.0 Å². The minimum Gasteiger partial charge on any atom is -0.480 e. The van der Waals surface area contributed by atoms with E-state index in [1.807, 2.05) is 34.5 Å². The molecule has 2 heterocycles. The second kappa shape index (κ2) is 4.42. The maximum atomic E-state index is 11.4. The van der Waals surface area contributed by atoms with Crippen molar-refractivity contribution in [3.8, 4) is 0 Å². The highest BCUT2D eigenvalue weighted by Gasteiger charge is 2.32. The highest BCUT2D eigenvalue weighted by molar-refractivity contribution is 7.13. The van der Waals surface area contributed by atoms with Crippen molar-refractivity contribution in [1.29, 1.82) is 0 Å². The molecule has 0 aliphatic carbocycles. The number of carboxylic acids is 1. The number of carboxylic acid groups (broad SMARTS) is 1. The average Bonchev–Trinajstić information content (AvgIpc) is 2.91. The van der Waals surface area contributed by atoms with Gasteiger partial charge in [0.15, 0.2) is 5.13 Å². The molecular weight excluding hydrogens is 248 g/mol. The van der Waals surface area contributed by atoms with Gasteiger partial charge in [0.2, 0.25) is 0 Å². The summed E-state index contributed by atoms with van der Waals surface area (Å²) in [6.45, 7) is 0.612. The molecule has 1 aromatic heterocycles. The Morgan fingerprint density at radius 2 is 2.17 bits per heavy atom. The van der Waals surface area contributed by atoms with Gasteiger partial charge in [-0.2, -0.15) is 0 Å². The Morgan fingerprint density at radius 3 is 2.83 bits per heavy atom. The number of aliphatic carboxylic acids is 1. The molecule has 0 fully saturated rings. The average molecular weight is 260 g/mol. The molecule has 1 aliphatic rings. The zero-order valence-electron chi connectivity index (χ0n) is 9.61. The predicted molar refractivity (Wildman–Crippen MR) is 69.9 cm³/mol. The quantitative estimate of drug-likeness (QED) is 0.899. The fourth-order valence-electron chi connectivity index (χ4n) is 2.30. The molecule has 1 aromatic carbocycles. The van der Waals surface area contributed by atoms with Crippen LogP contribution in [-0.4, -0.2) is 22.1 Å². The molecule has 3 rings (SSSR count). The van der Waals surface area contributed by atoms with Gasteiger partial charge in [-0.15, -0.1) is 11.3 Å². The summed E-state index contributed by atoms with van der Waals surface area (Å²) in [7, 11) is 0. The van der Waals surface area contributed by atoms with Crippen LogP contribution in [0.2, 0.25) is 0 Å². The van der Waals surface area contributed by atoms with Crippen molar-refractivity contribution in [3.63, 3.8) is 0 Å². The summed E-state index contributed by atoms with van der Waals surface area (Å²) < 4.78 is 0. The SMILES string of the molecule is O=C(O)C1Cc2ccccc2CN1c1nccs1. The molecule has 18 heavy (non-hydrogen) atoms. The first kappa shape index (κ1) is 11.2. The topological polar surface area (TPSA) is 53.4 Å². The molecule has 0 saturated carbocycles. The fourth-order valence-corrected chi connectivity index (χ4v) is 2.99. The van der Waals surface area contributed by atoms with Crippen molar-refractivity contribution < 1.29 is 9.90 Å². The Hall–Kier alpha value is -1.88. The third-order valence-electron chi connectivity index (χ3n) is 3.20. The van der Waals surface area contributed by atoms with Crippen LogP contribution in [0.4, 0.5) is 5.13 Å². The standard InChI is InChI=1S/C13H12N2O2S/c16-12(17)11-7-9-3-1-2-4-10(9)8-15(11)13-14-5-6-18-13/h1-6,11H,7-8H2,(H,16,17). The lowest BCUT2D eigenvalue weighted by atomic mass is 9.94. The normalized spacial score (nSPS) is 18.4. The molecule has 4 nitrogen and oxygen atoms in total. The number of carbonyl (C=O) groups is 1. The van der Waals surface area contributed by atoms with E-state index in [9.17, 15) is 9.90 Å². The number of fused-ring (bicyclic) bond motifs is 1. The number of thiazole rings is 1. The molecule has 0 spiro atoms. The zero-order chi connectivity index (χ0) is 12.5. The highest BCUT2D eigenvalue weighted by Crippen LogP contribution is 2.29. The predicted octanol–water partition coefficient (Wildman–Crippen LogP) is 2.16. The van der Waals surface area contributed by atoms with Gasteiger partial charge in [0.1, 0.15) is 6.04 Å². The van der Waals surface area contributed by atoms with Crippen LogP contribution in [0.1, 0.15) is 11.1 Å². The summed E-state index contributed by atoms with van der Waals surface area (Å²) >= 11 is 1.48. The van der Waals surface area contributed by atoms with E-state index in [-0.39, 0.29) is 0 Å². The Bertz CT molecular complexity index is 568. The lowest BCUT2D eigenvalue weighted by Gasteiger charge is -2.34. The number of hydrogen-bond donors (Lipinski definition) is 1. The summed E-state index contributed by atoms with van der Waals surface area (Å²) in [5.74, 6) is -0.792. The van der Waals surface area contributed by atoms with E-state index in [2.05, 4.69) is 4.98 Å². The van der Waals surface area contributed by atoms with Gasteiger partial charge in [-0.05, 0) is 11.1 Å². The second-order valence-electron chi connectivity index (χ2n) is 4.27. The molecular formula is C13H12N2O2S. The monoisotopic (exact) mass is 260 g/mol. The number of anilines is 1. The van der Waals surface area contributed by atoms with Gasteiger partial charge in [0.05, 0.1) is 0 Å². The first-order valence-electron chi connectivity index (χ1n) is 5.71. The molecule has 1 aliphatic heterocycles. The Balaban J connectivity index is 2.01.